The molecule has 1 aromatic heterocycles. The van der Waals surface area contributed by atoms with Gasteiger partial charge in [0.05, 0.1) is 0 Å². The number of sulfonamides is 1. The molecule has 0 amide bonds. The van der Waals surface area contributed by atoms with Crippen molar-refractivity contribution in [1.82, 2.24) is 20.2 Å². The molecule has 1 aromatic rings. The van der Waals surface area contributed by atoms with E-state index in [4.69, 9.17) is 0 Å². The van der Waals surface area contributed by atoms with Crippen LogP contribution in [0.1, 0.15) is 37.9 Å². The minimum atomic E-state index is -3.50. The maximum atomic E-state index is 12.0. The first kappa shape index (κ1) is 15.1. The monoisotopic (exact) mass is 274 g/mol. The van der Waals surface area contributed by atoms with Crippen LogP contribution in [0.3, 0.4) is 0 Å². The summed E-state index contributed by atoms with van der Waals surface area (Å²) in [6.07, 6.45) is 1.76. The molecule has 7 heteroatoms. The molecule has 1 rings (SSSR count). The molecule has 0 aliphatic carbocycles. The normalized spacial score (nSPS) is 11.9. The van der Waals surface area contributed by atoms with E-state index in [1.807, 2.05) is 13.8 Å². The summed E-state index contributed by atoms with van der Waals surface area (Å²) in [7, 11) is -3.50. The van der Waals surface area contributed by atoms with Crippen LogP contribution in [-0.4, -0.2) is 31.7 Å². The molecular formula is C11H22N4O2S. The fraction of sp³-hybridized carbons (Fsp3) is 0.727. The van der Waals surface area contributed by atoms with Crippen LogP contribution < -0.4 is 10.0 Å². The molecule has 0 saturated heterocycles. The van der Waals surface area contributed by atoms with E-state index in [0.29, 0.717) is 18.7 Å². The first-order valence-corrected chi connectivity index (χ1v) is 7.75. The van der Waals surface area contributed by atoms with E-state index in [1.165, 1.54) is 0 Å². The largest absolute Gasteiger partial charge is 0.313 e. The molecule has 0 saturated carbocycles. The van der Waals surface area contributed by atoms with Gasteiger partial charge in [-0.15, -0.1) is 0 Å². The number of hydrogen-bond donors (Lipinski definition) is 3. The number of nitrogens with one attached hydrogen (secondary N) is 3. The zero-order valence-corrected chi connectivity index (χ0v) is 12.0. The van der Waals surface area contributed by atoms with Crippen molar-refractivity contribution in [2.45, 2.75) is 45.2 Å². The summed E-state index contributed by atoms with van der Waals surface area (Å²) < 4.78 is 26.6. The molecule has 0 aliphatic rings. The Bertz CT molecular complexity index is 467. The number of rotatable bonds is 8. The highest BCUT2D eigenvalue weighted by molar-refractivity contribution is 7.89. The fourth-order valence-corrected chi connectivity index (χ4v) is 2.88. The molecule has 0 radical (unpaired) electrons. The Morgan fingerprint density at radius 1 is 1.22 bits per heavy atom. The van der Waals surface area contributed by atoms with Gasteiger partial charge in [0.2, 0.25) is 0 Å². The molecule has 104 valence electrons. The summed E-state index contributed by atoms with van der Waals surface area (Å²) in [5.41, 5.74) is 1.50. The zero-order valence-electron chi connectivity index (χ0n) is 11.2. The van der Waals surface area contributed by atoms with Crippen molar-refractivity contribution in [3.63, 3.8) is 0 Å². The Morgan fingerprint density at radius 2 is 1.89 bits per heavy atom. The average Bonchev–Trinajstić information content (AvgIpc) is 2.70. The van der Waals surface area contributed by atoms with Gasteiger partial charge in [0, 0.05) is 24.3 Å². The van der Waals surface area contributed by atoms with Crippen molar-refractivity contribution in [2.24, 2.45) is 0 Å². The quantitative estimate of drug-likeness (QED) is 0.615. The van der Waals surface area contributed by atoms with Crippen LogP contribution in [0.15, 0.2) is 5.03 Å². The second kappa shape index (κ2) is 6.86. The lowest BCUT2D eigenvalue weighted by Gasteiger charge is -2.07. The van der Waals surface area contributed by atoms with Gasteiger partial charge in [0.1, 0.15) is 0 Å². The number of aromatic amines is 1. The van der Waals surface area contributed by atoms with Gasteiger partial charge in [-0.3, -0.25) is 5.10 Å². The van der Waals surface area contributed by atoms with Crippen LogP contribution in [0.5, 0.6) is 0 Å². The molecule has 1 heterocycles. The average molecular weight is 274 g/mol. The standard InChI is InChI=1S/C11H22N4O2S/c1-4-6-12-8-10-9(3)14-15-11(10)18(16,17)13-7-5-2/h12-13H,4-8H2,1-3H3,(H,14,15). The molecule has 0 atom stereocenters. The van der Waals surface area contributed by atoms with Crippen LogP contribution in [-0.2, 0) is 16.6 Å². The Labute approximate surface area is 109 Å². The molecular weight excluding hydrogens is 252 g/mol. The van der Waals surface area contributed by atoms with E-state index in [2.05, 4.69) is 27.2 Å². The number of H-pyrrole nitrogens is 1. The Hall–Kier alpha value is -0.920. The lowest BCUT2D eigenvalue weighted by Crippen LogP contribution is -2.26. The molecule has 6 nitrogen and oxygen atoms in total. The highest BCUT2D eigenvalue weighted by atomic mass is 32.2. The molecule has 0 bridgehead atoms. The topological polar surface area (TPSA) is 86.9 Å². The number of hydrogen-bond acceptors (Lipinski definition) is 4. The lowest BCUT2D eigenvalue weighted by atomic mass is 10.2. The third-order valence-corrected chi connectivity index (χ3v) is 3.99. The summed E-state index contributed by atoms with van der Waals surface area (Å²) in [4.78, 5) is 0. The van der Waals surface area contributed by atoms with E-state index < -0.39 is 10.0 Å². The fourth-order valence-electron chi connectivity index (χ4n) is 1.56. The smallest absolute Gasteiger partial charge is 0.260 e. The van der Waals surface area contributed by atoms with Crippen LogP contribution in [0.2, 0.25) is 0 Å². The Morgan fingerprint density at radius 3 is 2.50 bits per heavy atom. The van der Waals surface area contributed by atoms with Gasteiger partial charge >= 0.3 is 0 Å². The van der Waals surface area contributed by atoms with Crippen LogP contribution in [0.25, 0.3) is 0 Å². The maximum Gasteiger partial charge on any atom is 0.260 e. The summed E-state index contributed by atoms with van der Waals surface area (Å²) in [6.45, 7) is 7.60. The van der Waals surface area contributed by atoms with Crippen molar-refractivity contribution in [2.75, 3.05) is 13.1 Å². The van der Waals surface area contributed by atoms with Gasteiger partial charge in [0.25, 0.3) is 10.0 Å². The number of aryl methyl sites for hydroxylation is 1. The molecule has 0 spiro atoms. The summed E-state index contributed by atoms with van der Waals surface area (Å²) in [5.74, 6) is 0. The molecule has 0 aliphatic heterocycles. The highest BCUT2D eigenvalue weighted by Crippen LogP contribution is 2.15. The molecule has 18 heavy (non-hydrogen) atoms. The van der Waals surface area contributed by atoms with E-state index in [-0.39, 0.29) is 5.03 Å². The molecule has 0 fully saturated rings. The highest BCUT2D eigenvalue weighted by Gasteiger charge is 2.22. The Balaban J connectivity index is 2.88. The van der Waals surface area contributed by atoms with Crippen molar-refractivity contribution in [3.8, 4) is 0 Å². The number of nitrogens with zero attached hydrogens (tertiary/aromatic N) is 1. The third-order valence-electron chi connectivity index (χ3n) is 2.56. The van der Waals surface area contributed by atoms with Gasteiger partial charge < -0.3 is 5.32 Å². The van der Waals surface area contributed by atoms with Crippen LogP contribution in [0, 0.1) is 6.92 Å². The first-order valence-electron chi connectivity index (χ1n) is 6.27. The van der Waals surface area contributed by atoms with Crippen molar-refractivity contribution in [3.05, 3.63) is 11.3 Å². The van der Waals surface area contributed by atoms with Crippen LogP contribution >= 0.6 is 0 Å². The Kier molecular flexibility index (Phi) is 5.77. The van der Waals surface area contributed by atoms with Crippen molar-refractivity contribution < 1.29 is 8.42 Å². The predicted octanol–water partition coefficient (Wildman–Crippen LogP) is 0.906. The number of aromatic nitrogens is 2. The third kappa shape index (κ3) is 3.79. The second-order valence-electron chi connectivity index (χ2n) is 4.21. The molecule has 0 unspecified atom stereocenters. The van der Waals surface area contributed by atoms with Gasteiger partial charge in [0.15, 0.2) is 5.03 Å². The van der Waals surface area contributed by atoms with Crippen LogP contribution in [0.4, 0.5) is 0 Å². The van der Waals surface area contributed by atoms with Gasteiger partial charge in [-0.25, -0.2) is 13.1 Å². The van der Waals surface area contributed by atoms with E-state index >= 15 is 0 Å². The predicted molar refractivity (Wildman–Crippen MR) is 70.8 cm³/mol. The SMILES string of the molecule is CCCNCc1c(S(=O)(=O)NCCC)n[nH]c1C. The summed E-state index contributed by atoms with van der Waals surface area (Å²) in [6, 6.07) is 0. The van der Waals surface area contributed by atoms with Gasteiger partial charge in [-0.1, -0.05) is 13.8 Å². The van der Waals surface area contributed by atoms with Gasteiger partial charge in [-0.2, -0.15) is 5.10 Å². The lowest BCUT2D eigenvalue weighted by molar-refractivity contribution is 0.573. The maximum absolute atomic E-state index is 12.0. The van der Waals surface area contributed by atoms with E-state index in [9.17, 15) is 8.42 Å². The van der Waals surface area contributed by atoms with E-state index in [0.717, 1.165) is 25.1 Å². The van der Waals surface area contributed by atoms with Crippen molar-refractivity contribution in [1.29, 1.82) is 0 Å². The van der Waals surface area contributed by atoms with E-state index in [1.54, 1.807) is 0 Å². The first-order chi connectivity index (χ1) is 8.53. The van der Waals surface area contributed by atoms with Gasteiger partial charge in [-0.05, 0) is 26.3 Å². The summed E-state index contributed by atoms with van der Waals surface area (Å²) in [5, 5.41) is 9.94. The molecule has 3 N–H and O–H groups in total. The van der Waals surface area contributed by atoms with Crippen molar-refractivity contribution >= 4 is 10.0 Å². The minimum Gasteiger partial charge on any atom is -0.313 e. The molecule has 0 aromatic carbocycles. The minimum absolute atomic E-state index is 0.108. The zero-order chi connectivity index (χ0) is 13.6. The second-order valence-corrected chi connectivity index (χ2v) is 5.89. The summed E-state index contributed by atoms with van der Waals surface area (Å²) >= 11 is 0.